The lowest BCUT2D eigenvalue weighted by molar-refractivity contribution is 0.0998. The van der Waals surface area contributed by atoms with Crippen LogP contribution in [0, 0.1) is 13.8 Å². The molecule has 1 aromatic carbocycles. The molecule has 0 aliphatic heterocycles. The second-order valence-corrected chi connectivity index (χ2v) is 6.39. The quantitative estimate of drug-likeness (QED) is 0.636. The number of thiazole rings is 1. The summed E-state index contributed by atoms with van der Waals surface area (Å²) in [5, 5.41) is 7.87. The zero-order valence-electron chi connectivity index (χ0n) is 14.1. The Bertz CT molecular complexity index is 947. The maximum Gasteiger partial charge on any atom is 0.275 e. The summed E-state index contributed by atoms with van der Waals surface area (Å²) in [5.74, 6) is -0.444. The van der Waals surface area contributed by atoms with Crippen LogP contribution in [0.5, 0.6) is 0 Å². The molecule has 0 atom stereocenters. The fourth-order valence-electron chi connectivity index (χ4n) is 2.23. The highest BCUT2D eigenvalue weighted by Gasteiger charge is 2.12. The summed E-state index contributed by atoms with van der Waals surface area (Å²) in [6.07, 6.45) is 0. The first-order valence-electron chi connectivity index (χ1n) is 7.67. The Morgan fingerprint density at radius 1 is 1.04 bits per heavy atom. The van der Waals surface area contributed by atoms with Crippen LogP contribution >= 0.6 is 11.3 Å². The van der Waals surface area contributed by atoms with Crippen molar-refractivity contribution >= 4 is 39.9 Å². The predicted octanol–water partition coefficient (Wildman–Crippen LogP) is 2.64. The maximum atomic E-state index is 12.3. The van der Waals surface area contributed by atoms with Gasteiger partial charge < -0.3 is 16.4 Å². The van der Waals surface area contributed by atoms with Crippen LogP contribution in [0.3, 0.4) is 0 Å². The fourth-order valence-corrected chi connectivity index (χ4v) is 2.91. The molecule has 0 bridgehead atoms. The molecule has 2 heterocycles. The van der Waals surface area contributed by atoms with Gasteiger partial charge in [0.1, 0.15) is 5.69 Å². The first kappa shape index (κ1) is 17.5. The van der Waals surface area contributed by atoms with Crippen molar-refractivity contribution in [3.05, 3.63) is 58.4 Å². The van der Waals surface area contributed by atoms with Crippen molar-refractivity contribution in [1.82, 2.24) is 15.0 Å². The van der Waals surface area contributed by atoms with Gasteiger partial charge in [-0.05, 0) is 44.2 Å². The lowest BCUT2D eigenvalue weighted by Crippen LogP contribution is -2.13. The average molecular weight is 368 g/mol. The van der Waals surface area contributed by atoms with Gasteiger partial charge >= 0.3 is 0 Å². The van der Waals surface area contributed by atoms with Gasteiger partial charge in [-0.25, -0.2) is 15.0 Å². The van der Waals surface area contributed by atoms with Crippen molar-refractivity contribution in [3.8, 4) is 0 Å². The third kappa shape index (κ3) is 4.19. The van der Waals surface area contributed by atoms with E-state index in [9.17, 15) is 9.59 Å². The molecule has 0 fully saturated rings. The summed E-state index contributed by atoms with van der Waals surface area (Å²) in [6, 6.07) is 8.17. The van der Waals surface area contributed by atoms with Crippen LogP contribution in [0.2, 0.25) is 0 Å². The van der Waals surface area contributed by atoms with E-state index in [1.807, 2.05) is 19.9 Å². The van der Waals surface area contributed by atoms with Gasteiger partial charge in [0.2, 0.25) is 11.9 Å². The van der Waals surface area contributed by atoms with Crippen molar-refractivity contribution in [2.45, 2.75) is 13.8 Å². The first-order chi connectivity index (χ1) is 12.4. The third-order valence-corrected chi connectivity index (χ3v) is 4.12. The van der Waals surface area contributed by atoms with Crippen molar-refractivity contribution in [2.75, 3.05) is 10.6 Å². The van der Waals surface area contributed by atoms with Gasteiger partial charge in [0.05, 0.1) is 0 Å². The van der Waals surface area contributed by atoms with Gasteiger partial charge in [-0.3, -0.25) is 9.59 Å². The second kappa shape index (κ2) is 7.28. The van der Waals surface area contributed by atoms with Crippen molar-refractivity contribution in [2.24, 2.45) is 5.73 Å². The van der Waals surface area contributed by atoms with Gasteiger partial charge in [-0.15, -0.1) is 11.3 Å². The molecule has 4 N–H and O–H groups in total. The SMILES string of the molecule is Cc1cc(C)nc(Nc2nc(C(=O)Nc3ccc(C(N)=O)cc3)cs2)n1. The molecule has 0 saturated heterocycles. The Balaban J connectivity index is 1.68. The Labute approximate surface area is 153 Å². The van der Waals surface area contributed by atoms with E-state index in [0.29, 0.717) is 22.3 Å². The van der Waals surface area contributed by atoms with Crippen LogP contribution in [0.15, 0.2) is 35.7 Å². The van der Waals surface area contributed by atoms with E-state index in [1.165, 1.54) is 11.3 Å². The van der Waals surface area contributed by atoms with E-state index < -0.39 is 5.91 Å². The number of nitrogens with zero attached hydrogens (tertiary/aromatic N) is 3. The molecule has 132 valence electrons. The molecule has 0 radical (unpaired) electrons. The maximum absolute atomic E-state index is 12.3. The summed E-state index contributed by atoms with van der Waals surface area (Å²) >= 11 is 1.28. The highest BCUT2D eigenvalue weighted by Crippen LogP contribution is 2.20. The summed E-state index contributed by atoms with van der Waals surface area (Å²) < 4.78 is 0. The summed E-state index contributed by atoms with van der Waals surface area (Å²) in [4.78, 5) is 36.2. The Hall–Kier alpha value is -3.33. The molecule has 26 heavy (non-hydrogen) atoms. The van der Waals surface area contributed by atoms with Gasteiger partial charge in [0.25, 0.3) is 5.91 Å². The van der Waals surface area contributed by atoms with Crippen LogP contribution < -0.4 is 16.4 Å². The summed E-state index contributed by atoms with van der Waals surface area (Å²) in [7, 11) is 0. The number of benzene rings is 1. The molecular weight excluding hydrogens is 352 g/mol. The zero-order valence-corrected chi connectivity index (χ0v) is 14.9. The molecule has 0 aliphatic carbocycles. The fraction of sp³-hybridized carbons (Fsp3) is 0.118. The van der Waals surface area contributed by atoms with E-state index in [-0.39, 0.29) is 11.6 Å². The molecule has 0 unspecified atom stereocenters. The molecule has 9 heteroatoms. The van der Waals surface area contributed by atoms with Crippen molar-refractivity contribution < 1.29 is 9.59 Å². The van der Waals surface area contributed by atoms with Gasteiger partial charge in [0, 0.05) is 28.0 Å². The minimum absolute atomic E-state index is 0.265. The number of aromatic nitrogens is 3. The number of hydrogen-bond donors (Lipinski definition) is 3. The van der Waals surface area contributed by atoms with Crippen molar-refractivity contribution in [1.29, 1.82) is 0 Å². The number of rotatable bonds is 5. The molecule has 0 spiro atoms. The average Bonchev–Trinajstić information content (AvgIpc) is 3.03. The molecule has 0 aliphatic rings. The zero-order chi connectivity index (χ0) is 18.7. The number of anilines is 3. The van der Waals surface area contributed by atoms with Crippen LogP contribution in [0.1, 0.15) is 32.2 Å². The number of carbonyl (C=O) groups excluding carboxylic acids is 2. The first-order valence-corrected chi connectivity index (χ1v) is 8.55. The molecule has 8 nitrogen and oxygen atoms in total. The van der Waals surface area contributed by atoms with Gasteiger partial charge in [-0.2, -0.15) is 0 Å². The number of carbonyl (C=O) groups is 2. The number of primary amides is 1. The van der Waals surface area contributed by atoms with E-state index in [4.69, 9.17) is 5.73 Å². The molecule has 0 saturated carbocycles. The highest BCUT2D eigenvalue weighted by atomic mass is 32.1. The topological polar surface area (TPSA) is 123 Å². The van der Waals surface area contributed by atoms with Crippen LogP contribution in [0.25, 0.3) is 0 Å². The third-order valence-electron chi connectivity index (χ3n) is 3.37. The normalized spacial score (nSPS) is 10.4. The number of nitrogens with one attached hydrogen (secondary N) is 2. The number of nitrogens with two attached hydrogens (primary N) is 1. The molecule has 2 aromatic heterocycles. The Morgan fingerprint density at radius 2 is 1.69 bits per heavy atom. The second-order valence-electron chi connectivity index (χ2n) is 5.53. The number of amides is 2. The van der Waals surface area contributed by atoms with Gasteiger partial charge in [0.15, 0.2) is 5.13 Å². The minimum atomic E-state index is -0.522. The van der Waals surface area contributed by atoms with Crippen LogP contribution in [0.4, 0.5) is 16.8 Å². The molecular formula is C17H16N6O2S. The van der Waals surface area contributed by atoms with Crippen LogP contribution in [-0.2, 0) is 0 Å². The smallest absolute Gasteiger partial charge is 0.275 e. The Morgan fingerprint density at radius 3 is 2.31 bits per heavy atom. The summed E-state index contributed by atoms with van der Waals surface area (Å²) in [5.41, 5.74) is 8.05. The standard InChI is InChI=1S/C17H16N6O2S/c1-9-7-10(2)20-16(19-9)23-17-22-13(8-26-17)15(25)21-12-5-3-11(4-6-12)14(18)24/h3-8H,1-2H3,(H2,18,24)(H,21,25)(H,19,20,22,23). The van der Waals surface area contributed by atoms with E-state index in [2.05, 4.69) is 25.6 Å². The summed E-state index contributed by atoms with van der Waals surface area (Å²) in [6.45, 7) is 3.76. The monoisotopic (exact) mass is 368 g/mol. The number of aryl methyl sites for hydroxylation is 2. The lowest BCUT2D eigenvalue weighted by atomic mass is 10.2. The Kier molecular flexibility index (Phi) is 4.90. The lowest BCUT2D eigenvalue weighted by Gasteiger charge is -2.04. The minimum Gasteiger partial charge on any atom is -0.366 e. The van der Waals surface area contributed by atoms with E-state index in [0.717, 1.165) is 11.4 Å². The van der Waals surface area contributed by atoms with Gasteiger partial charge in [-0.1, -0.05) is 0 Å². The van der Waals surface area contributed by atoms with Crippen LogP contribution in [-0.4, -0.2) is 26.8 Å². The molecule has 3 aromatic rings. The van der Waals surface area contributed by atoms with E-state index in [1.54, 1.807) is 29.6 Å². The largest absolute Gasteiger partial charge is 0.366 e. The highest BCUT2D eigenvalue weighted by molar-refractivity contribution is 7.14. The number of hydrogen-bond acceptors (Lipinski definition) is 7. The molecule has 2 amide bonds. The van der Waals surface area contributed by atoms with E-state index >= 15 is 0 Å². The predicted molar refractivity (Wildman–Crippen MR) is 99.8 cm³/mol. The van der Waals surface area contributed by atoms with Crippen molar-refractivity contribution in [3.63, 3.8) is 0 Å². The molecule has 3 rings (SSSR count).